The van der Waals surface area contributed by atoms with E-state index in [2.05, 4.69) is 48.3 Å². The standard InChI is InChI=1S/C32H45N5O/c1-4-38-20-22-5-8-26-23(17-22)6-9-28-27(26)13-15-32(3)29(10-11-30(28)32)21(2)35-25-7-12-31(34-19-25)37-16-14-24(18-33)36-37/h7,12,14,16,19,21-23,26-30,35H,4-6,8-11,13,15,17,20H2,1-3H3/t21-,22+,23-,26+,27?,28-,29?,30?,32-/m1/s1. The van der Waals surface area contributed by atoms with Crippen LogP contribution < -0.4 is 5.32 Å². The quantitative estimate of drug-likeness (QED) is 0.436. The highest BCUT2D eigenvalue weighted by Crippen LogP contribution is 2.65. The Balaban J connectivity index is 1.09. The Hall–Kier alpha value is -2.39. The van der Waals surface area contributed by atoms with Gasteiger partial charge in [0, 0.05) is 25.5 Å². The lowest BCUT2D eigenvalue weighted by Gasteiger charge is -2.57. The zero-order valence-corrected chi connectivity index (χ0v) is 23.5. The smallest absolute Gasteiger partial charge is 0.162 e. The summed E-state index contributed by atoms with van der Waals surface area (Å²) in [6, 6.07) is 8.29. The van der Waals surface area contributed by atoms with Crippen LogP contribution in [0.4, 0.5) is 5.69 Å². The molecule has 6 nitrogen and oxygen atoms in total. The number of rotatable bonds is 7. The van der Waals surface area contributed by atoms with Gasteiger partial charge >= 0.3 is 0 Å². The van der Waals surface area contributed by atoms with Gasteiger partial charge in [0.05, 0.1) is 11.9 Å². The van der Waals surface area contributed by atoms with Crippen molar-refractivity contribution in [2.24, 2.45) is 46.8 Å². The minimum Gasteiger partial charge on any atom is -0.381 e. The first-order valence-corrected chi connectivity index (χ1v) is 15.3. The van der Waals surface area contributed by atoms with Crippen LogP contribution in [0.2, 0.25) is 0 Å². The molecule has 0 aliphatic heterocycles. The van der Waals surface area contributed by atoms with Crippen molar-refractivity contribution in [3.63, 3.8) is 0 Å². The van der Waals surface area contributed by atoms with Crippen molar-refractivity contribution >= 4 is 5.69 Å². The Bertz CT molecular complexity index is 1140. The monoisotopic (exact) mass is 515 g/mol. The topological polar surface area (TPSA) is 75.8 Å². The highest BCUT2D eigenvalue weighted by Gasteiger charge is 2.57. The molecule has 204 valence electrons. The van der Waals surface area contributed by atoms with E-state index in [4.69, 9.17) is 10.00 Å². The van der Waals surface area contributed by atoms with Gasteiger partial charge in [-0.2, -0.15) is 10.4 Å². The molecule has 6 heteroatoms. The summed E-state index contributed by atoms with van der Waals surface area (Å²) in [5.41, 5.74) is 1.92. The van der Waals surface area contributed by atoms with Crippen molar-refractivity contribution in [3.8, 4) is 11.9 Å². The lowest BCUT2D eigenvalue weighted by molar-refractivity contribution is -0.0738. The predicted octanol–water partition coefficient (Wildman–Crippen LogP) is 6.86. The molecule has 2 aromatic heterocycles. The normalized spacial score (nSPS) is 36.9. The van der Waals surface area contributed by atoms with Crippen LogP contribution in [0.15, 0.2) is 30.6 Å². The first kappa shape index (κ1) is 25.9. The van der Waals surface area contributed by atoms with Gasteiger partial charge in [-0.1, -0.05) is 6.92 Å². The number of pyridine rings is 1. The largest absolute Gasteiger partial charge is 0.381 e. The fourth-order valence-corrected chi connectivity index (χ4v) is 9.73. The molecule has 3 unspecified atom stereocenters. The zero-order valence-electron chi connectivity index (χ0n) is 23.5. The Morgan fingerprint density at radius 1 is 1.11 bits per heavy atom. The summed E-state index contributed by atoms with van der Waals surface area (Å²) in [5, 5.41) is 17.1. The number of nitrogens with zero attached hydrogens (tertiary/aromatic N) is 4. The van der Waals surface area contributed by atoms with Crippen LogP contribution in [0.3, 0.4) is 0 Å². The number of hydrogen-bond acceptors (Lipinski definition) is 5. The number of anilines is 1. The lowest BCUT2D eigenvalue weighted by Crippen LogP contribution is -2.50. The Labute approximate surface area is 228 Å². The van der Waals surface area contributed by atoms with Crippen LogP contribution in [-0.4, -0.2) is 34.0 Å². The summed E-state index contributed by atoms with van der Waals surface area (Å²) < 4.78 is 7.47. The van der Waals surface area contributed by atoms with E-state index in [9.17, 15) is 0 Å². The van der Waals surface area contributed by atoms with Crippen molar-refractivity contribution in [1.82, 2.24) is 14.8 Å². The van der Waals surface area contributed by atoms with Gasteiger partial charge in [0.25, 0.3) is 0 Å². The molecule has 6 rings (SSSR count). The number of aromatic nitrogens is 3. The van der Waals surface area contributed by atoms with E-state index in [1.807, 2.05) is 12.3 Å². The summed E-state index contributed by atoms with van der Waals surface area (Å²) in [6.07, 6.45) is 16.5. The van der Waals surface area contributed by atoms with Crippen molar-refractivity contribution in [2.45, 2.75) is 84.6 Å². The van der Waals surface area contributed by atoms with Gasteiger partial charge < -0.3 is 10.1 Å². The molecule has 0 saturated heterocycles. The highest BCUT2D eigenvalue weighted by molar-refractivity contribution is 5.44. The van der Waals surface area contributed by atoms with Crippen LogP contribution in [0.25, 0.3) is 5.82 Å². The van der Waals surface area contributed by atoms with E-state index in [0.717, 1.165) is 60.2 Å². The lowest BCUT2D eigenvalue weighted by atomic mass is 9.49. The Kier molecular flexibility index (Phi) is 7.24. The van der Waals surface area contributed by atoms with E-state index in [1.54, 1.807) is 16.9 Å². The minimum absolute atomic E-state index is 0.407. The summed E-state index contributed by atoms with van der Waals surface area (Å²) in [7, 11) is 0. The molecule has 4 fully saturated rings. The SMILES string of the molecule is CCOC[C@H]1CC[C@@H]2C3CC[C@@]4(C)C(CCC4[C@@H](C)Nc4ccc(-n5ccc(C#N)n5)nc4)[C@@H]3CC[C@@H]2C1. The average Bonchev–Trinajstić information content (AvgIpc) is 3.56. The molecule has 4 saturated carbocycles. The molecule has 2 heterocycles. The van der Waals surface area contributed by atoms with E-state index in [0.29, 0.717) is 23.1 Å². The van der Waals surface area contributed by atoms with E-state index in [1.165, 1.54) is 57.8 Å². The van der Waals surface area contributed by atoms with Crippen LogP contribution in [0.1, 0.15) is 84.3 Å². The van der Waals surface area contributed by atoms with Crippen molar-refractivity contribution < 1.29 is 4.74 Å². The molecule has 0 aromatic carbocycles. The molecule has 38 heavy (non-hydrogen) atoms. The molecule has 4 aliphatic rings. The third kappa shape index (κ3) is 4.66. The minimum atomic E-state index is 0.407. The van der Waals surface area contributed by atoms with Crippen LogP contribution in [0.5, 0.6) is 0 Å². The number of hydrogen-bond donors (Lipinski definition) is 1. The van der Waals surface area contributed by atoms with E-state index < -0.39 is 0 Å². The predicted molar refractivity (Wildman–Crippen MR) is 150 cm³/mol. The second kappa shape index (κ2) is 10.6. The van der Waals surface area contributed by atoms with E-state index >= 15 is 0 Å². The summed E-state index contributed by atoms with van der Waals surface area (Å²) >= 11 is 0. The van der Waals surface area contributed by atoms with Crippen molar-refractivity contribution in [1.29, 1.82) is 5.26 Å². The molecule has 9 atom stereocenters. The van der Waals surface area contributed by atoms with Crippen LogP contribution in [-0.2, 0) is 4.74 Å². The number of fused-ring (bicyclic) bond motifs is 5. The fraction of sp³-hybridized carbons (Fsp3) is 0.719. The average molecular weight is 516 g/mol. The van der Waals surface area contributed by atoms with Gasteiger partial charge in [-0.3, -0.25) is 0 Å². The first-order chi connectivity index (χ1) is 18.5. The van der Waals surface area contributed by atoms with Crippen molar-refractivity contribution in [3.05, 3.63) is 36.3 Å². The second-order valence-electron chi connectivity index (χ2n) is 13.1. The van der Waals surface area contributed by atoms with Gasteiger partial charge in [0.2, 0.25) is 0 Å². The maximum atomic E-state index is 9.04. The third-order valence-electron chi connectivity index (χ3n) is 11.4. The van der Waals surface area contributed by atoms with Gasteiger partial charge in [-0.15, -0.1) is 0 Å². The molecular formula is C32H45N5O. The molecule has 0 amide bonds. The third-order valence-corrected chi connectivity index (χ3v) is 11.4. The van der Waals surface area contributed by atoms with Crippen LogP contribution >= 0.6 is 0 Å². The number of nitriles is 1. The molecule has 0 spiro atoms. The Morgan fingerprint density at radius 3 is 2.74 bits per heavy atom. The fourth-order valence-electron chi connectivity index (χ4n) is 9.73. The van der Waals surface area contributed by atoms with Gasteiger partial charge in [-0.05, 0) is 137 Å². The zero-order chi connectivity index (χ0) is 26.3. The van der Waals surface area contributed by atoms with Gasteiger partial charge in [0.15, 0.2) is 11.5 Å². The first-order valence-electron chi connectivity index (χ1n) is 15.3. The van der Waals surface area contributed by atoms with E-state index in [-0.39, 0.29) is 0 Å². The van der Waals surface area contributed by atoms with Gasteiger partial charge in [-0.25, -0.2) is 9.67 Å². The summed E-state index contributed by atoms with van der Waals surface area (Å²) in [6.45, 7) is 9.01. The molecule has 0 radical (unpaired) electrons. The van der Waals surface area contributed by atoms with Crippen molar-refractivity contribution in [2.75, 3.05) is 18.5 Å². The Morgan fingerprint density at radius 2 is 1.97 bits per heavy atom. The van der Waals surface area contributed by atoms with Crippen LogP contribution in [0, 0.1) is 58.2 Å². The number of ether oxygens (including phenoxy) is 1. The molecule has 2 aromatic rings. The molecular weight excluding hydrogens is 470 g/mol. The highest BCUT2D eigenvalue weighted by atomic mass is 16.5. The molecule has 4 aliphatic carbocycles. The second-order valence-corrected chi connectivity index (χ2v) is 13.1. The van der Waals surface area contributed by atoms with Gasteiger partial charge in [0.1, 0.15) is 6.07 Å². The summed E-state index contributed by atoms with van der Waals surface area (Å²) in [4.78, 5) is 4.61. The molecule has 1 N–H and O–H groups in total. The summed E-state index contributed by atoms with van der Waals surface area (Å²) in [5.74, 6) is 7.01. The maximum absolute atomic E-state index is 9.04. The number of nitrogens with one attached hydrogen (secondary N) is 1. The maximum Gasteiger partial charge on any atom is 0.162 e. The molecule has 0 bridgehead atoms.